The number of pyridine rings is 1. The Labute approximate surface area is 132 Å². The number of hydrogen-bond donors (Lipinski definition) is 2. The third-order valence-electron chi connectivity index (χ3n) is 3.14. The number of rotatable bonds is 4. The first-order chi connectivity index (χ1) is 10.3. The molecule has 116 valence electrons. The van der Waals surface area contributed by atoms with Gasteiger partial charge in [-0.05, 0) is 39.0 Å². The number of carbonyl (C=O) groups excluding carboxylic acids is 2. The molecule has 1 atom stereocenters. The van der Waals surface area contributed by atoms with Crippen LogP contribution < -0.4 is 11.1 Å². The molecule has 2 aromatic heterocycles. The molecule has 0 unspecified atom stereocenters. The van der Waals surface area contributed by atoms with Crippen LogP contribution in [0.25, 0.3) is 0 Å². The van der Waals surface area contributed by atoms with E-state index < -0.39 is 11.9 Å². The van der Waals surface area contributed by atoms with E-state index in [0.717, 1.165) is 11.4 Å². The van der Waals surface area contributed by atoms with Crippen LogP contribution in [-0.2, 0) is 4.79 Å². The summed E-state index contributed by atoms with van der Waals surface area (Å²) >= 11 is 5.73. The number of aromatic nitrogens is 3. The van der Waals surface area contributed by atoms with E-state index in [1.807, 2.05) is 19.9 Å². The highest BCUT2D eigenvalue weighted by atomic mass is 35.5. The van der Waals surface area contributed by atoms with Crippen molar-refractivity contribution in [2.75, 3.05) is 5.32 Å². The molecule has 0 spiro atoms. The second kappa shape index (κ2) is 6.15. The van der Waals surface area contributed by atoms with Gasteiger partial charge in [-0.3, -0.25) is 14.3 Å². The Hall–Kier alpha value is -2.41. The first-order valence-electron chi connectivity index (χ1n) is 6.59. The predicted octanol–water partition coefficient (Wildman–Crippen LogP) is 1.85. The molecule has 0 aliphatic heterocycles. The summed E-state index contributed by atoms with van der Waals surface area (Å²) in [5.74, 6) is -1.10. The molecular formula is C14H16ClN5O2. The molecule has 0 aromatic carbocycles. The summed E-state index contributed by atoms with van der Waals surface area (Å²) in [6.07, 6.45) is 0. The van der Waals surface area contributed by atoms with Crippen molar-refractivity contribution in [3.05, 3.63) is 40.4 Å². The quantitative estimate of drug-likeness (QED) is 0.839. The molecule has 0 aliphatic rings. The van der Waals surface area contributed by atoms with Gasteiger partial charge in [-0.25, -0.2) is 4.98 Å². The van der Waals surface area contributed by atoms with Crippen LogP contribution in [0.5, 0.6) is 0 Å². The maximum absolute atomic E-state index is 12.3. The van der Waals surface area contributed by atoms with Crippen LogP contribution in [0.3, 0.4) is 0 Å². The van der Waals surface area contributed by atoms with Gasteiger partial charge in [0.25, 0.3) is 5.91 Å². The first-order valence-corrected chi connectivity index (χ1v) is 6.97. The number of aryl methyl sites for hydroxylation is 2. The van der Waals surface area contributed by atoms with Crippen LogP contribution in [0.2, 0.25) is 5.15 Å². The van der Waals surface area contributed by atoms with Gasteiger partial charge in [-0.2, -0.15) is 5.10 Å². The molecule has 2 heterocycles. The van der Waals surface area contributed by atoms with Gasteiger partial charge in [0.15, 0.2) is 5.69 Å². The Morgan fingerprint density at radius 2 is 2.05 bits per heavy atom. The summed E-state index contributed by atoms with van der Waals surface area (Å²) < 4.78 is 1.61. The molecule has 0 radical (unpaired) electrons. The molecule has 2 aromatic rings. The lowest BCUT2D eigenvalue weighted by molar-refractivity contribution is -0.119. The van der Waals surface area contributed by atoms with Crippen LogP contribution >= 0.6 is 11.6 Å². The second-order valence-electron chi connectivity index (χ2n) is 4.93. The highest BCUT2D eigenvalue weighted by molar-refractivity contribution is 6.29. The zero-order valence-corrected chi connectivity index (χ0v) is 13.2. The van der Waals surface area contributed by atoms with Gasteiger partial charge < -0.3 is 11.1 Å². The lowest BCUT2D eigenvalue weighted by Crippen LogP contribution is -2.27. The molecule has 0 saturated carbocycles. The minimum Gasteiger partial charge on any atom is -0.364 e. The molecule has 2 amide bonds. The van der Waals surface area contributed by atoms with Crippen LogP contribution in [-0.4, -0.2) is 26.6 Å². The third kappa shape index (κ3) is 3.25. The number of halogens is 1. The number of nitrogens with zero attached hydrogens (tertiary/aromatic N) is 3. The lowest BCUT2D eigenvalue weighted by atomic mass is 10.2. The summed E-state index contributed by atoms with van der Waals surface area (Å²) in [4.78, 5) is 27.6. The number of amides is 2. The zero-order chi connectivity index (χ0) is 16.4. The Morgan fingerprint density at radius 1 is 1.36 bits per heavy atom. The monoisotopic (exact) mass is 321 g/mol. The van der Waals surface area contributed by atoms with Gasteiger partial charge in [-0.1, -0.05) is 11.6 Å². The fourth-order valence-corrected chi connectivity index (χ4v) is 2.26. The van der Waals surface area contributed by atoms with Crippen molar-refractivity contribution in [1.82, 2.24) is 14.8 Å². The van der Waals surface area contributed by atoms with E-state index in [2.05, 4.69) is 15.4 Å². The molecule has 0 bridgehead atoms. The summed E-state index contributed by atoms with van der Waals surface area (Å²) in [7, 11) is 0. The number of hydrogen-bond acceptors (Lipinski definition) is 4. The lowest BCUT2D eigenvalue weighted by Gasteiger charge is -2.15. The number of anilines is 1. The van der Waals surface area contributed by atoms with Crippen molar-refractivity contribution in [3.8, 4) is 0 Å². The SMILES string of the molecule is Cc1cc(C)n([C@H](C)C(=O)Nc2ccc(Cl)nc2C(N)=O)n1. The highest BCUT2D eigenvalue weighted by Crippen LogP contribution is 2.19. The van der Waals surface area contributed by atoms with Gasteiger partial charge in [0.1, 0.15) is 11.2 Å². The summed E-state index contributed by atoms with van der Waals surface area (Å²) in [6.45, 7) is 5.42. The molecule has 0 saturated heterocycles. The minimum absolute atomic E-state index is 0.0820. The largest absolute Gasteiger partial charge is 0.364 e. The van der Waals surface area contributed by atoms with E-state index >= 15 is 0 Å². The molecule has 0 aliphatic carbocycles. The normalized spacial score (nSPS) is 12.0. The molecule has 7 nitrogen and oxygen atoms in total. The van der Waals surface area contributed by atoms with E-state index in [4.69, 9.17) is 17.3 Å². The predicted molar refractivity (Wildman–Crippen MR) is 82.8 cm³/mol. The number of carbonyl (C=O) groups is 2. The standard InChI is InChI=1S/C14H16ClN5O2/c1-7-6-8(2)20(19-7)9(3)14(22)17-10-4-5-11(15)18-12(10)13(16)21/h4-6,9H,1-3H3,(H2,16,21)(H,17,22)/t9-/m1/s1. The molecular weight excluding hydrogens is 306 g/mol. The first kappa shape index (κ1) is 16.0. The van der Waals surface area contributed by atoms with Crippen molar-refractivity contribution < 1.29 is 9.59 Å². The van der Waals surface area contributed by atoms with Crippen molar-refractivity contribution in [2.45, 2.75) is 26.8 Å². The van der Waals surface area contributed by atoms with Gasteiger partial charge in [0.05, 0.1) is 11.4 Å². The highest BCUT2D eigenvalue weighted by Gasteiger charge is 2.20. The Kier molecular flexibility index (Phi) is 4.46. The van der Waals surface area contributed by atoms with E-state index in [0.29, 0.717) is 0 Å². The smallest absolute Gasteiger partial charge is 0.269 e. The van der Waals surface area contributed by atoms with Crippen molar-refractivity contribution in [1.29, 1.82) is 0 Å². The van der Waals surface area contributed by atoms with Crippen molar-refractivity contribution in [2.24, 2.45) is 5.73 Å². The summed E-state index contributed by atoms with van der Waals surface area (Å²) in [6, 6.07) is 4.28. The maximum Gasteiger partial charge on any atom is 0.269 e. The van der Waals surface area contributed by atoms with E-state index in [1.54, 1.807) is 11.6 Å². The van der Waals surface area contributed by atoms with Crippen molar-refractivity contribution in [3.63, 3.8) is 0 Å². The van der Waals surface area contributed by atoms with Gasteiger partial charge in [-0.15, -0.1) is 0 Å². The topological polar surface area (TPSA) is 103 Å². The number of nitrogens with two attached hydrogens (primary N) is 1. The Morgan fingerprint density at radius 3 is 2.59 bits per heavy atom. The fourth-order valence-electron chi connectivity index (χ4n) is 2.11. The van der Waals surface area contributed by atoms with Gasteiger partial charge in [0.2, 0.25) is 5.91 Å². The second-order valence-corrected chi connectivity index (χ2v) is 5.32. The molecule has 8 heteroatoms. The summed E-state index contributed by atoms with van der Waals surface area (Å²) in [5, 5.41) is 7.03. The van der Waals surface area contributed by atoms with E-state index in [9.17, 15) is 9.59 Å². The van der Waals surface area contributed by atoms with Crippen molar-refractivity contribution >= 4 is 29.1 Å². The average molecular weight is 322 g/mol. The van der Waals surface area contributed by atoms with Crippen LogP contribution in [0.1, 0.15) is 34.8 Å². The Balaban J connectivity index is 2.25. The maximum atomic E-state index is 12.3. The van der Waals surface area contributed by atoms with E-state index in [1.165, 1.54) is 12.1 Å². The average Bonchev–Trinajstić information content (AvgIpc) is 2.78. The molecule has 0 fully saturated rings. The van der Waals surface area contributed by atoms with E-state index in [-0.39, 0.29) is 22.4 Å². The van der Waals surface area contributed by atoms with Gasteiger partial charge >= 0.3 is 0 Å². The minimum atomic E-state index is -0.767. The molecule has 2 rings (SSSR count). The van der Waals surface area contributed by atoms with Crippen LogP contribution in [0.4, 0.5) is 5.69 Å². The van der Waals surface area contributed by atoms with Gasteiger partial charge in [0, 0.05) is 5.69 Å². The molecule has 3 N–H and O–H groups in total. The molecule has 22 heavy (non-hydrogen) atoms. The Bertz CT molecular complexity index is 741. The van der Waals surface area contributed by atoms with Crippen LogP contribution in [0.15, 0.2) is 18.2 Å². The number of primary amides is 1. The summed E-state index contributed by atoms with van der Waals surface area (Å²) in [5.41, 5.74) is 7.07. The van der Waals surface area contributed by atoms with Crippen LogP contribution in [0, 0.1) is 13.8 Å². The fraction of sp³-hybridized carbons (Fsp3) is 0.286. The third-order valence-corrected chi connectivity index (χ3v) is 3.35. The number of nitrogens with one attached hydrogen (secondary N) is 1. The zero-order valence-electron chi connectivity index (χ0n) is 12.4.